The van der Waals surface area contributed by atoms with E-state index in [1.807, 2.05) is 73.7 Å². The molecule has 0 heterocycles. The second-order valence-corrected chi connectivity index (χ2v) is 10.5. The molecule has 7 heteroatoms. The fourth-order valence-corrected chi connectivity index (χ4v) is 4.19. The van der Waals surface area contributed by atoms with Crippen LogP contribution in [-0.4, -0.2) is 41.5 Å². The highest BCUT2D eigenvalue weighted by Crippen LogP contribution is 2.26. The van der Waals surface area contributed by atoms with Crippen LogP contribution in [-0.2, 0) is 14.3 Å². The maximum absolute atomic E-state index is 13.8. The van der Waals surface area contributed by atoms with Gasteiger partial charge in [-0.3, -0.25) is 9.59 Å². The predicted octanol–water partition coefficient (Wildman–Crippen LogP) is 6.37. The first-order chi connectivity index (χ1) is 18.1. The predicted molar refractivity (Wildman–Crippen MR) is 152 cm³/mol. The van der Waals surface area contributed by atoms with Crippen molar-refractivity contribution in [1.29, 1.82) is 0 Å². The fourth-order valence-electron chi connectivity index (χ4n) is 4.19. The number of aryl methyl sites for hydroxylation is 1. The standard InChI is InChI=1S/C31H39N3O4/c1-6-7-10-19-34(27(35)21-32-30(37)38-31(3,4)5)28(24-15-13-22(2)14-16-24)29(36)33-26-18-17-23-11-8-9-12-25(23)20-26/h8-9,11-18,20,28H,6-7,10,19,21H2,1-5H3,(H,32,37)(H,33,36). The molecule has 0 saturated carbocycles. The zero-order chi connectivity index (χ0) is 27.7. The van der Waals surface area contributed by atoms with Crippen LogP contribution in [0.5, 0.6) is 0 Å². The van der Waals surface area contributed by atoms with E-state index in [1.165, 1.54) is 0 Å². The highest BCUT2D eigenvalue weighted by molar-refractivity contribution is 6.00. The Hall–Kier alpha value is -3.87. The highest BCUT2D eigenvalue weighted by atomic mass is 16.6. The molecule has 7 nitrogen and oxygen atoms in total. The van der Waals surface area contributed by atoms with Gasteiger partial charge >= 0.3 is 6.09 Å². The summed E-state index contributed by atoms with van der Waals surface area (Å²) in [4.78, 5) is 41.1. The van der Waals surface area contributed by atoms with Crippen molar-refractivity contribution in [1.82, 2.24) is 10.2 Å². The summed E-state index contributed by atoms with van der Waals surface area (Å²) in [7, 11) is 0. The number of hydrogen-bond acceptors (Lipinski definition) is 4. The second-order valence-electron chi connectivity index (χ2n) is 10.5. The normalized spacial score (nSPS) is 12.0. The Morgan fingerprint density at radius 1 is 0.921 bits per heavy atom. The molecular formula is C31H39N3O4. The van der Waals surface area contributed by atoms with Crippen LogP contribution >= 0.6 is 0 Å². The summed E-state index contributed by atoms with van der Waals surface area (Å²) < 4.78 is 5.29. The van der Waals surface area contributed by atoms with Gasteiger partial charge in [0, 0.05) is 12.2 Å². The Bertz CT molecular complexity index is 1250. The summed E-state index contributed by atoms with van der Waals surface area (Å²) in [6.45, 7) is 9.45. The number of benzene rings is 3. The van der Waals surface area contributed by atoms with E-state index >= 15 is 0 Å². The van der Waals surface area contributed by atoms with Crippen molar-refractivity contribution in [2.75, 3.05) is 18.4 Å². The zero-order valence-electron chi connectivity index (χ0n) is 23.0. The topological polar surface area (TPSA) is 87.7 Å². The van der Waals surface area contributed by atoms with Crippen molar-refractivity contribution in [3.05, 3.63) is 77.9 Å². The van der Waals surface area contributed by atoms with E-state index < -0.39 is 17.7 Å². The minimum absolute atomic E-state index is 0.271. The monoisotopic (exact) mass is 517 g/mol. The number of carbonyl (C=O) groups excluding carboxylic acids is 3. The Morgan fingerprint density at radius 2 is 1.61 bits per heavy atom. The van der Waals surface area contributed by atoms with Gasteiger partial charge in [-0.15, -0.1) is 0 Å². The van der Waals surface area contributed by atoms with Gasteiger partial charge in [0.2, 0.25) is 5.91 Å². The molecule has 202 valence electrons. The number of unbranched alkanes of at least 4 members (excludes halogenated alkanes) is 2. The molecule has 1 atom stereocenters. The lowest BCUT2D eigenvalue weighted by Gasteiger charge is -2.32. The molecule has 38 heavy (non-hydrogen) atoms. The lowest BCUT2D eigenvalue weighted by molar-refractivity contribution is -0.138. The minimum atomic E-state index is -0.869. The largest absolute Gasteiger partial charge is 0.444 e. The van der Waals surface area contributed by atoms with Crippen molar-refractivity contribution < 1.29 is 19.1 Å². The smallest absolute Gasteiger partial charge is 0.408 e. The van der Waals surface area contributed by atoms with Gasteiger partial charge in [-0.25, -0.2) is 4.79 Å². The van der Waals surface area contributed by atoms with E-state index in [9.17, 15) is 14.4 Å². The first kappa shape index (κ1) is 28.7. The molecule has 2 N–H and O–H groups in total. The molecule has 0 aliphatic heterocycles. The first-order valence-corrected chi connectivity index (χ1v) is 13.2. The molecule has 3 aromatic carbocycles. The number of carbonyl (C=O) groups is 3. The van der Waals surface area contributed by atoms with Crippen molar-refractivity contribution >= 4 is 34.4 Å². The van der Waals surface area contributed by atoms with E-state index in [-0.39, 0.29) is 18.4 Å². The van der Waals surface area contributed by atoms with E-state index in [4.69, 9.17) is 4.74 Å². The van der Waals surface area contributed by atoms with Gasteiger partial charge < -0.3 is 20.3 Å². The fraction of sp³-hybridized carbons (Fsp3) is 0.387. The molecule has 0 radical (unpaired) electrons. The highest BCUT2D eigenvalue weighted by Gasteiger charge is 2.31. The Labute approximate surface area is 225 Å². The van der Waals surface area contributed by atoms with Crippen molar-refractivity contribution in [2.24, 2.45) is 0 Å². The number of nitrogens with one attached hydrogen (secondary N) is 2. The van der Waals surface area contributed by atoms with Crippen molar-refractivity contribution in [3.8, 4) is 0 Å². The average Bonchev–Trinajstić information content (AvgIpc) is 2.86. The molecule has 0 aromatic heterocycles. The van der Waals surface area contributed by atoms with E-state index in [0.717, 1.165) is 35.6 Å². The first-order valence-electron chi connectivity index (χ1n) is 13.2. The summed E-state index contributed by atoms with van der Waals surface area (Å²) in [5, 5.41) is 7.66. The number of hydrogen-bond donors (Lipinski definition) is 2. The summed E-state index contributed by atoms with van der Waals surface area (Å²) in [5.74, 6) is -0.669. The van der Waals surface area contributed by atoms with Crippen molar-refractivity contribution in [3.63, 3.8) is 0 Å². The van der Waals surface area contributed by atoms with Gasteiger partial charge in [0.15, 0.2) is 0 Å². The number of fused-ring (bicyclic) bond motifs is 1. The number of rotatable bonds is 10. The third-order valence-corrected chi connectivity index (χ3v) is 6.08. The molecule has 0 spiro atoms. The Balaban J connectivity index is 1.90. The average molecular weight is 518 g/mol. The zero-order valence-corrected chi connectivity index (χ0v) is 23.0. The molecule has 3 rings (SSSR count). The van der Waals surface area contributed by atoms with Gasteiger partial charge in [0.25, 0.3) is 5.91 Å². The number of nitrogens with zero attached hydrogens (tertiary/aromatic N) is 1. The van der Waals surface area contributed by atoms with Crippen LogP contribution < -0.4 is 10.6 Å². The number of ether oxygens (including phenoxy) is 1. The molecular weight excluding hydrogens is 478 g/mol. The maximum Gasteiger partial charge on any atom is 0.408 e. The van der Waals surface area contributed by atoms with E-state index in [1.54, 1.807) is 25.7 Å². The van der Waals surface area contributed by atoms with Crippen LogP contribution in [0.25, 0.3) is 10.8 Å². The molecule has 3 amide bonds. The minimum Gasteiger partial charge on any atom is -0.444 e. The van der Waals surface area contributed by atoms with Gasteiger partial charge in [-0.1, -0.05) is 79.9 Å². The summed E-state index contributed by atoms with van der Waals surface area (Å²) in [5.41, 5.74) is 1.73. The van der Waals surface area contributed by atoms with Crippen LogP contribution in [0.1, 0.15) is 64.1 Å². The lowest BCUT2D eigenvalue weighted by Crippen LogP contribution is -2.47. The summed E-state index contributed by atoms with van der Waals surface area (Å²) >= 11 is 0. The molecule has 3 aromatic rings. The second kappa shape index (κ2) is 13.1. The quantitative estimate of drug-likeness (QED) is 0.306. The summed E-state index contributed by atoms with van der Waals surface area (Å²) in [6, 6.07) is 20.4. The third-order valence-electron chi connectivity index (χ3n) is 6.08. The molecule has 0 bridgehead atoms. The van der Waals surface area contributed by atoms with Gasteiger partial charge in [-0.2, -0.15) is 0 Å². The molecule has 0 aliphatic rings. The van der Waals surface area contributed by atoms with Gasteiger partial charge in [0.05, 0.1) is 0 Å². The molecule has 0 fully saturated rings. The number of alkyl carbamates (subject to hydrolysis) is 1. The van der Waals surface area contributed by atoms with Crippen LogP contribution in [0.15, 0.2) is 66.7 Å². The van der Waals surface area contributed by atoms with Crippen LogP contribution in [0.3, 0.4) is 0 Å². The summed E-state index contributed by atoms with van der Waals surface area (Å²) in [6.07, 6.45) is 1.94. The maximum atomic E-state index is 13.8. The number of amides is 3. The SMILES string of the molecule is CCCCCN(C(=O)CNC(=O)OC(C)(C)C)C(C(=O)Nc1ccc2ccccc2c1)c1ccc(C)cc1. The Morgan fingerprint density at radius 3 is 2.26 bits per heavy atom. The van der Waals surface area contributed by atoms with Gasteiger partial charge in [0.1, 0.15) is 18.2 Å². The van der Waals surface area contributed by atoms with E-state index in [0.29, 0.717) is 17.8 Å². The number of anilines is 1. The van der Waals surface area contributed by atoms with Crippen LogP contribution in [0, 0.1) is 6.92 Å². The van der Waals surface area contributed by atoms with Crippen LogP contribution in [0.2, 0.25) is 0 Å². The molecule has 1 unspecified atom stereocenters. The van der Waals surface area contributed by atoms with Gasteiger partial charge in [-0.05, 0) is 62.6 Å². The molecule has 0 saturated heterocycles. The van der Waals surface area contributed by atoms with Crippen molar-refractivity contribution in [2.45, 2.75) is 65.5 Å². The lowest BCUT2D eigenvalue weighted by atomic mass is 10.0. The van der Waals surface area contributed by atoms with E-state index in [2.05, 4.69) is 17.6 Å². The molecule has 0 aliphatic carbocycles. The third kappa shape index (κ3) is 8.33. The Kier molecular flexibility index (Phi) is 9.88. The van der Waals surface area contributed by atoms with Crippen LogP contribution in [0.4, 0.5) is 10.5 Å².